The average Bonchev–Trinajstić information content (AvgIpc) is 3.34. The van der Waals surface area contributed by atoms with Crippen molar-refractivity contribution in [2.24, 2.45) is 52.3 Å². The second-order valence-corrected chi connectivity index (χ2v) is 16.1. The van der Waals surface area contributed by atoms with E-state index in [4.69, 9.17) is 21.1 Å². The summed E-state index contributed by atoms with van der Waals surface area (Å²) < 4.78 is 5.48. The van der Waals surface area contributed by atoms with Crippen LogP contribution in [0, 0.1) is 52.3 Å². The molecule has 5 rings (SSSR count). The molecule has 3 saturated carbocycles. The van der Waals surface area contributed by atoms with Crippen molar-refractivity contribution in [1.82, 2.24) is 0 Å². The number of nitrogen functional groups attached to an aromatic ring is 2. The Labute approximate surface area is 266 Å². The molecule has 0 heterocycles. The van der Waals surface area contributed by atoms with E-state index < -0.39 is 0 Å². The third-order valence-corrected chi connectivity index (χ3v) is 13.2. The number of rotatable bonds is 12. The van der Waals surface area contributed by atoms with Crippen molar-refractivity contribution < 1.29 is 19.7 Å². The van der Waals surface area contributed by atoms with E-state index in [1.807, 2.05) is 0 Å². The minimum Gasteiger partial charge on any atom is -0.461 e. The highest BCUT2D eigenvalue weighted by molar-refractivity contribution is 5.69. The molecule has 0 aliphatic heterocycles. The first kappa shape index (κ1) is 33.3. The minimum atomic E-state index is -0.366. The maximum absolute atomic E-state index is 12.6. The first-order chi connectivity index (χ1) is 21.0. The number of nitrogens with two attached hydrogens (primary N) is 2. The van der Waals surface area contributed by atoms with Crippen molar-refractivity contribution >= 4 is 17.3 Å². The van der Waals surface area contributed by atoms with Gasteiger partial charge in [-0.2, -0.15) is 0 Å². The Morgan fingerprint density at radius 1 is 1.02 bits per heavy atom. The molecule has 9 atom stereocenters. The molecule has 0 aromatic heterocycles. The Hall–Kier alpha value is -2.05. The first-order valence-electron chi connectivity index (χ1n) is 17.8. The van der Waals surface area contributed by atoms with E-state index in [0.29, 0.717) is 23.2 Å². The lowest BCUT2D eigenvalue weighted by atomic mass is 9.46. The van der Waals surface area contributed by atoms with Crippen molar-refractivity contribution in [3.63, 3.8) is 0 Å². The molecule has 0 spiro atoms. The van der Waals surface area contributed by atoms with Crippen LogP contribution in [-0.4, -0.2) is 17.3 Å². The van der Waals surface area contributed by atoms with E-state index in [9.17, 15) is 10.1 Å². The summed E-state index contributed by atoms with van der Waals surface area (Å²) in [5.74, 6) is 4.87. The van der Waals surface area contributed by atoms with Gasteiger partial charge in [0.1, 0.15) is 6.61 Å². The molecule has 1 aromatic carbocycles. The van der Waals surface area contributed by atoms with Crippen molar-refractivity contribution in [3.8, 4) is 0 Å². The molecule has 4 aliphatic carbocycles. The van der Waals surface area contributed by atoms with Crippen LogP contribution in [0.5, 0.6) is 0 Å². The van der Waals surface area contributed by atoms with Crippen molar-refractivity contribution in [1.29, 1.82) is 0 Å². The van der Waals surface area contributed by atoms with Gasteiger partial charge in [-0.1, -0.05) is 71.6 Å². The molecule has 0 radical (unpaired) electrons. The number of hydrogen-bond donors (Lipinski definition) is 3. The minimum absolute atomic E-state index is 0.116. The third-order valence-electron chi connectivity index (χ3n) is 13.2. The standard InChI is InChI=1S/C38H60N2O4/c1-24(2)7-6-8-25(3)31-13-14-32-30-12-10-28-21-26(17-19-37(28,4)33(30)18-20-38(31,32)5)35(44-42)15-16-36(41)43-23-27-9-11-29(39)22-34(27)40/h9-11,22,24-26,30-33,35,42H,6-8,12-21,23,39-40H2,1-5H3. The number of esters is 1. The lowest BCUT2D eigenvalue weighted by Crippen LogP contribution is -2.51. The van der Waals surface area contributed by atoms with Gasteiger partial charge in [-0.25, -0.2) is 4.89 Å². The van der Waals surface area contributed by atoms with Crippen LogP contribution in [0.1, 0.15) is 124 Å². The first-order valence-corrected chi connectivity index (χ1v) is 17.8. The molecule has 6 nitrogen and oxygen atoms in total. The van der Waals surface area contributed by atoms with Gasteiger partial charge < -0.3 is 16.2 Å². The Morgan fingerprint density at radius 3 is 2.55 bits per heavy atom. The van der Waals surface area contributed by atoms with E-state index in [1.165, 1.54) is 51.4 Å². The molecule has 246 valence electrons. The van der Waals surface area contributed by atoms with E-state index in [-0.39, 0.29) is 36.4 Å². The molecule has 4 aliphatic rings. The van der Waals surface area contributed by atoms with Crippen LogP contribution in [0.4, 0.5) is 11.4 Å². The van der Waals surface area contributed by atoms with Gasteiger partial charge in [-0.15, -0.1) is 0 Å². The number of fused-ring (bicyclic) bond motifs is 5. The van der Waals surface area contributed by atoms with Gasteiger partial charge in [0.05, 0.1) is 6.10 Å². The Balaban J connectivity index is 1.17. The normalized spacial score (nSPS) is 34.4. The van der Waals surface area contributed by atoms with Crippen molar-refractivity contribution in [2.75, 3.05) is 11.5 Å². The fourth-order valence-electron chi connectivity index (χ4n) is 10.6. The van der Waals surface area contributed by atoms with Crippen LogP contribution in [0.25, 0.3) is 0 Å². The number of ether oxygens (including phenoxy) is 1. The monoisotopic (exact) mass is 608 g/mol. The van der Waals surface area contributed by atoms with E-state index >= 15 is 0 Å². The van der Waals surface area contributed by atoms with Crippen LogP contribution in [-0.2, 0) is 21.0 Å². The molecule has 0 saturated heterocycles. The van der Waals surface area contributed by atoms with Crippen molar-refractivity contribution in [2.45, 2.75) is 131 Å². The van der Waals surface area contributed by atoms with Gasteiger partial charge in [0, 0.05) is 23.4 Å². The molecular formula is C38H60N2O4. The molecule has 3 fully saturated rings. The maximum atomic E-state index is 12.6. The smallest absolute Gasteiger partial charge is 0.306 e. The third kappa shape index (κ3) is 6.72. The summed E-state index contributed by atoms with van der Waals surface area (Å²) >= 11 is 0. The average molecular weight is 609 g/mol. The largest absolute Gasteiger partial charge is 0.461 e. The summed E-state index contributed by atoms with van der Waals surface area (Å²) in [7, 11) is 0. The van der Waals surface area contributed by atoms with Gasteiger partial charge in [0.15, 0.2) is 0 Å². The van der Waals surface area contributed by atoms with Crippen molar-refractivity contribution in [3.05, 3.63) is 35.4 Å². The highest BCUT2D eigenvalue weighted by Gasteiger charge is 2.59. The molecule has 44 heavy (non-hydrogen) atoms. The summed E-state index contributed by atoms with van der Waals surface area (Å²) in [6, 6.07) is 5.21. The van der Waals surface area contributed by atoms with Gasteiger partial charge in [0.2, 0.25) is 0 Å². The highest BCUT2D eigenvalue weighted by atomic mass is 17.1. The van der Waals surface area contributed by atoms with Gasteiger partial charge in [0.25, 0.3) is 0 Å². The second-order valence-electron chi connectivity index (χ2n) is 16.1. The predicted molar refractivity (Wildman–Crippen MR) is 178 cm³/mol. The zero-order valence-electron chi connectivity index (χ0n) is 28.2. The van der Waals surface area contributed by atoms with Crippen LogP contribution in [0.3, 0.4) is 0 Å². The summed E-state index contributed by atoms with van der Waals surface area (Å²) in [5.41, 5.74) is 15.9. The Bertz CT molecular complexity index is 1180. The fourth-order valence-corrected chi connectivity index (χ4v) is 10.6. The highest BCUT2D eigenvalue weighted by Crippen LogP contribution is 2.67. The van der Waals surface area contributed by atoms with Gasteiger partial charge in [-0.3, -0.25) is 10.1 Å². The number of benzene rings is 1. The van der Waals surface area contributed by atoms with E-state index in [1.54, 1.807) is 23.8 Å². The summed E-state index contributed by atoms with van der Waals surface area (Å²) in [5, 5.41) is 9.89. The lowest BCUT2D eigenvalue weighted by molar-refractivity contribution is -0.293. The number of hydrogen-bond acceptors (Lipinski definition) is 6. The van der Waals surface area contributed by atoms with Gasteiger partial charge in [-0.05, 0) is 122 Å². The summed E-state index contributed by atoms with van der Waals surface area (Å²) in [6.45, 7) is 12.6. The zero-order valence-corrected chi connectivity index (χ0v) is 28.2. The summed E-state index contributed by atoms with van der Waals surface area (Å²) in [6.07, 6.45) is 16.9. The van der Waals surface area contributed by atoms with E-state index in [0.717, 1.165) is 60.3 Å². The lowest BCUT2D eigenvalue weighted by Gasteiger charge is -2.59. The predicted octanol–water partition coefficient (Wildman–Crippen LogP) is 9.19. The second kappa shape index (κ2) is 13.7. The summed E-state index contributed by atoms with van der Waals surface area (Å²) in [4.78, 5) is 17.6. The van der Waals surface area contributed by atoms with Crippen LogP contribution in [0.2, 0.25) is 0 Å². The molecule has 0 bridgehead atoms. The fraction of sp³-hybridized carbons (Fsp3) is 0.763. The SMILES string of the molecule is CC(C)CCCC(C)C1CCC2C3CC=C4CC(C(CCC(=O)OCc5ccc(N)cc5N)OO)CCC4(C)C3CCC12C. The number of carbonyl (C=O) groups excluding carboxylic acids is 1. The number of carbonyl (C=O) groups is 1. The zero-order chi connectivity index (χ0) is 31.6. The molecule has 6 heteroatoms. The molecule has 0 amide bonds. The van der Waals surface area contributed by atoms with Crippen LogP contribution in [0.15, 0.2) is 29.8 Å². The molecule has 5 N–H and O–H groups in total. The molecular weight excluding hydrogens is 548 g/mol. The Morgan fingerprint density at radius 2 is 1.82 bits per heavy atom. The van der Waals surface area contributed by atoms with Crippen LogP contribution >= 0.6 is 0 Å². The number of allylic oxidation sites excluding steroid dienone is 2. The van der Waals surface area contributed by atoms with E-state index in [2.05, 4.69) is 40.7 Å². The molecule has 1 aromatic rings. The topological polar surface area (TPSA) is 108 Å². The number of anilines is 2. The van der Waals surface area contributed by atoms with Crippen LogP contribution < -0.4 is 11.5 Å². The quantitative estimate of drug-likeness (QED) is 0.0718. The van der Waals surface area contributed by atoms with Gasteiger partial charge >= 0.3 is 5.97 Å². The molecule has 9 unspecified atom stereocenters. The Kier molecular flexibility index (Phi) is 10.4. The maximum Gasteiger partial charge on any atom is 0.306 e.